The van der Waals surface area contributed by atoms with Crippen LogP contribution >= 0.6 is 11.8 Å². The third-order valence-corrected chi connectivity index (χ3v) is 4.09. The Balaban J connectivity index is 2.11. The molecule has 1 aliphatic heterocycles. The second-order valence-electron chi connectivity index (χ2n) is 4.86. The van der Waals surface area contributed by atoms with Crippen LogP contribution in [0.3, 0.4) is 0 Å². The van der Waals surface area contributed by atoms with Crippen LogP contribution in [0, 0.1) is 0 Å². The van der Waals surface area contributed by atoms with Crippen molar-refractivity contribution in [3.05, 3.63) is 29.3 Å². The number of thioether (sulfide) groups is 1. The highest BCUT2D eigenvalue weighted by molar-refractivity contribution is 7.98. The Bertz CT molecular complexity index is 533. The van der Waals surface area contributed by atoms with Crippen LogP contribution in [0.1, 0.15) is 22.8 Å². The first kappa shape index (κ1) is 14.7. The second kappa shape index (κ2) is 6.17. The maximum absolute atomic E-state index is 12.2. The number of rotatable bonds is 4. The molecule has 0 spiro atoms. The van der Waals surface area contributed by atoms with E-state index in [0.717, 1.165) is 17.0 Å². The predicted molar refractivity (Wildman–Crippen MR) is 80.8 cm³/mol. The first-order valence-corrected chi connectivity index (χ1v) is 7.85. The van der Waals surface area contributed by atoms with Crippen LogP contribution in [0.15, 0.2) is 18.2 Å². The van der Waals surface area contributed by atoms with Crippen LogP contribution in [-0.2, 0) is 6.42 Å². The molecule has 1 heterocycles. The molecule has 0 bridgehead atoms. The molecule has 2 N–H and O–H groups in total. The first-order valence-electron chi connectivity index (χ1n) is 6.46. The van der Waals surface area contributed by atoms with E-state index in [0.29, 0.717) is 13.0 Å². The lowest BCUT2D eigenvalue weighted by molar-refractivity contribution is 0.0697. The number of fused-ring (bicyclic) bond motifs is 1. The van der Waals surface area contributed by atoms with Gasteiger partial charge in [-0.15, -0.1) is 0 Å². The quantitative estimate of drug-likeness (QED) is 0.893. The summed E-state index contributed by atoms with van der Waals surface area (Å²) in [4.78, 5) is 24.8. The Morgan fingerprint density at radius 3 is 2.90 bits per heavy atom. The summed E-state index contributed by atoms with van der Waals surface area (Å²) >= 11 is 1.69. The van der Waals surface area contributed by atoms with E-state index < -0.39 is 5.97 Å². The molecule has 1 aliphatic rings. The van der Waals surface area contributed by atoms with Gasteiger partial charge in [-0.2, -0.15) is 11.8 Å². The Morgan fingerprint density at radius 1 is 1.50 bits per heavy atom. The largest absolute Gasteiger partial charge is 0.478 e. The number of anilines is 1. The van der Waals surface area contributed by atoms with Crippen LogP contribution in [0.2, 0.25) is 0 Å². The van der Waals surface area contributed by atoms with E-state index in [4.69, 9.17) is 5.11 Å². The number of hydrogen-bond donors (Lipinski definition) is 2. The molecule has 2 amide bonds. The molecule has 1 aromatic carbocycles. The van der Waals surface area contributed by atoms with Crippen LogP contribution in [0.4, 0.5) is 10.5 Å². The minimum absolute atomic E-state index is 0.111. The summed E-state index contributed by atoms with van der Waals surface area (Å²) in [6.07, 6.45) is 2.70. The number of carboxylic acid groups (broad SMARTS) is 1. The predicted octanol–water partition coefficient (Wildman–Crippen LogP) is 2.21. The third-order valence-electron chi connectivity index (χ3n) is 3.25. The topological polar surface area (TPSA) is 69.6 Å². The standard InChI is InChI=1S/C14H18N2O3S/c1-9(8-20-2)15-14(19)16-6-5-10-7-11(13(17)18)3-4-12(10)16/h3-4,7,9H,5-6,8H2,1-2H3,(H,15,19)(H,17,18). The minimum atomic E-state index is -0.940. The Hall–Kier alpha value is -1.69. The van der Waals surface area contributed by atoms with Gasteiger partial charge in [-0.1, -0.05) is 0 Å². The maximum Gasteiger partial charge on any atom is 0.335 e. The van der Waals surface area contributed by atoms with Crippen LogP contribution in [0.5, 0.6) is 0 Å². The molecule has 1 unspecified atom stereocenters. The minimum Gasteiger partial charge on any atom is -0.478 e. The summed E-state index contributed by atoms with van der Waals surface area (Å²) in [5, 5.41) is 11.9. The molecule has 1 atom stereocenters. The van der Waals surface area contributed by atoms with Gasteiger partial charge in [0.2, 0.25) is 0 Å². The lowest BCUT2D eigenvalue weighted by atomic mass is 10.1. The zero-order valence-corrected chi connectivity index (χ0v) is 12.4. The number of carbonyl (C=O) groups excluding carboxylic acids is 1. The number of carbonyl (C=O) groups is 2. The van der Waals surface area contributed by atoms with E-state index >= 15 is 0 Å². The molecule has 0 radical (unpaired) electrons. The maximum atomic E-state index is 12.2. The molecule has 6 heteroatoms. The highest BCUT2D eigenvalue weighted by Gasteiger charge is 2.26. The van der Waals surface area contributed by atoms with Crippen molar-refractivity contribution in [2.45, 2.75) is 19.4 Å². The molecule has 0 saturated carbocycles. The van der Waals surface area contributed by atoms with Crippen molar-refractivity contribution in [3.63, 3.8) is 0 Å². The van der Waals surface area contributed by atoms with Gasteiger partial charge < -0.3 is 10.4 Å². The number of urea groups is 1. The van der Waals surface area contributed by atoms with Gasteiger partial charge in [-0.25, -0.2) is 9.59 Å². The van der Waals surface area contributed by atoms with Gasteiger partial charge in [0.25, 0.3) is 0 Å². The molecule has 2 rings (SSSR count). The fourth-order valence-electron chi connectivity index (χ4n) is 2.33. The van der Waals surface area contributed by atoms with Crippen molar-refractivity contribution in [1.29, 1.82) is 0 Å². The van der Waals surface area contributed by atoms with Crippen molar-refractivity contribution in [1.82, 2.24) is 5.32 Å². The van der Waals surface area contributed by atoms with Crippen molar-refractivity contribution < 1.29 is 14.7 Å². The number of nitrogens with one attached hydrogen (secondary N) is 1. The molecule has 108 valence electrons. The lowest BCUT2D eigenvalue weighted by Gasteiger charge is -2.21. The van der Waals surface area contributed by atoms with E-state index in [1.165, 1.54) is 6.07 Å². The number of benzene rings is 1. The van der Waals surface area contributed by atoms with Gasteiger partial charge in [-0.3, -0.25) is 4.90 Å². The second-order valence-corrected chi connectivity index (χ2v) is 5.77. The molecule has 0 saturated heterocycles. The monoisotopic (exact) mass is 294 g/mol. The molecule has 20 heavy (non-hydrogen) atoms. The molecular formula is C14H18N2O3S. The van der Waals surface area contributed by atoms with Crippen molar-refractivity contribution >= 4 is 29.4 Å². The molecule has 0 aromatic heterocycles. The average Bonchev–Trinajstić information content (AvgIpc) is 2.81. The highest BCUT2D eigenvalue weighted by Crippen LogP contribution is 2.29. The number of hydrogen-bond acceptors (Lipinski definition) is 3. The van der Waals surface area contributed by atoms with E-state index in [9.17, 15) is 9.59 Å². The van der Waals surface area contributed by atoms with Gasteiger partial charge >= 0.3 is 12.0 Å². The SMILES string of the molecule is CSCC(C)NC(=O)N1CCc2cc(C(=O)O)ccc21. The number of aromatic carboxylic acids is 1. The van der Waals surface area contributed by atoms with E-state index in [2.05, 4.69) is 5.32 Å². The van der Waals surface area contributed by atoms with Gasteiger partial charge in [0.1, 0.15) is 0 Å². The Kier molecular flexibility index (Phi) is 4.54. The highest BCUT2D eigenvalue weighted by atomic mass is 32.2. The zero-order valence-electron chi connectivity index (χ0n) is 11.5. The summed E-state index contributed by atoms with van der Waals surface area (Å²) in [6, 6.07) is 4.90. The van der Waals surface area contributed by atoms with E-state index in [1.807, 2.05) is 13.2 Å². The van der Waals surface area contributed by atoms with Crippen molar-refractivity contribution in [2.75, 3.05) is 23.5 Å². The summed E-state index contributed by atoms with van der Waals surface area (Å²) in [5.74, 6) is -0.0750. The fourth-order valence-corrected chi connectivity index (χ4v) is 2.91. The summed E-state index contributed by atoms with van der Waals surface area (Å²) in [5.41, 5.74) is 1.99. The summed E-state index contributed by atoms with van der Waals surface area (Å²) in [7, 11) is 0. The van der Waals surface area contributed by atoms with Crippen LogP contribution in [0.25, 0.3) is 0 Å². The normalized spacial score (nSPS) is 14.8. The zero-order chi connectivity index (χ0) is 14.7. The van der Waals surface area contributed by atoms with E-state index in [-0.39, 0.29) is 17.6 Å². The number of carboxylic acids is 1. The number of nitrogens with zero attached hydrogens (tertiary/aromatic N) is 1. The van der Waals surface area contributed by atoms with Gasteiger partial charge in [0.15, 0.2) is 0 Å². The molecule has 0 fully saturated rings. The molecule has 0 aliphatic carbocycles. The van der Waals surface area contributed by atoms with E-state index in [1.54, 1.807) is 28.8 Å². The Labute approximate surface area is 122 Å². The summed E-state index contributed by atoms with van der Waals surface area (Å²) < 4.78 is 0. The fraction of sp³-hybridized carbons (Fsp3) is 0.429. The smallest absolute Gasteiger partial charge is 0.335 e. The molecule has 5 nitrogen and oxygen atoms in total. The summed E-state index contributed by atoms with van der Waals surface area (Å²) in [6.45, 7) is 2.56. The van der Waals surface area contributed by atoms with Crippen molar-refractivity contribution in [3.8, 4) is 0 Å². The molecular weight excluding hydrogens is 276 g/mol. The van der Waals surface area contributed by atoms with Gasteiger partial charge in [0.05, 0.1) is 5.56 Å². The first-order chi connectivity index (χ1) is 9.52. The Morgan fingerprint density at radius 2 is 2.25 bits per heavy atom. The molecule has 1 aromatic rings. The van der Waals surface area contributed by atoms with Crippen molar-refractivity contribution in [2.24, 2.45) is 0 Å². The lowest BCUT2D eigenvalue weighted by Crippen LogP contribution is -2.44. The van der Waals surface area contributed by atoms with Gasteiger partial charge in [-0.05, 0) is 43.4 Å². The van der Waals surface area contributed by atoms with Crippen LogP contribution in [-0.4, -0.2) is 41.7 Å². The number of amides is 2. The average molecular weight is 294 g/mol. The van der Waals surface area contributed by atoms with Gasteiger partial charge in [0, 0.05) is 24.0 Å². The third kappa shape index (κ3) is 3.07. The van der Waals surface area contributed by atoms with Crippen LogP contribution < -0.4 is 10.2 Å².